The number of halogens is 1. The van der Waals surface area contributed by atoms with Crippen LogP contribution in [0.25, 0.3) is 0 Å². The fourth-order valence-corrected chi connectivity index (χ4v) is 0.845. The lowest BCUT2D eigenvalue weighted by molar-refractivity contribution is 1.11. The first-order valence-electron chi connectivity index (χ1n) is 2.21. The van der Waals surface area contributed by atoms with Crippen LogP contribution in [0.3, 0.4) is 0 Å². The number of nitrogen functional groups attached to an aromatic ring is 1. The zero-order valence-corrected chi connectivity index (χ0v) is 5.97. The Hall–Kier alpha value is -0.840. The highest BCUT2D eigenvalue weighted by molar-refractivity contribution is 9.10. The van der Waals surface area contributed by atoms with Crippen molar-refractivity contribution in [3.05, 3.63) is 21.0 Å². The van der Waals surface area contributed by atoms with Gasteiger partial charge >= 0.3 is 0 Å². The number of aromatic amines is 1. The van der Waals surface area contributed by atoms with Crippen LogP contribution in [0.1, 0.15) is 0 Å². The Morgan fingerprint density at radius 3 is 2.89 bits per heavy atom. The maximum atomic E-state index is 10.5. The third-order valence-electron chi connectivity index (χ3n) is 0.729. The molecule has 0 aliphatic heterocycles. The molecule has 1 aromatic heterocycles. The average Bonchev–Trinajstić information content (AvgIpc) is 1.59. The summed E-state index contributed by atoms with van der Waals surface area (Å²) in [5.41, 5.74) is 4.91. The molecule has 0 aliphatic carbocycles. The van der Waals surface area contributed by atoms with Crippen LogP contribution in [-0.2, 0) is 0 Å². The molecule has 1 aromatic rings. The molecule has 0 bridgehead atoms. The first-order valence-corrected chi connectivity index (χ1v) is 3.00. The van der Waals surface area contributed by atoms with Crippen molar-refractivity contribution in [3.63, 3.8) is 0 Å². The second-order valence-electron chi connectivity index (χ2n) is 1.45. The van der Waals surface area contributed by atoms with Gasteiger partial charge in [-0.15, -0.1) is 0 Å². The SMILES string of the molecule is Nc1nc(Br)cc(=O)[nH]1. The van der Waals surface area contributed by atoms with Gasteiger partial charge in [0.15, 0.2) is 0 Å². The summed E-state index contributed by atoms with van der Waals surface area (Å²) >= 11 is 3.00. The number of nitrogens with two attached hydrogens (primary N) is 1. The van der Waals surface area contributed by atoms with Crippen molar-refractivity contribution in [3.8, 4) is 0 Å². The topological polar surface area (TPSA) is 71.8 Å². The fraction of sp³-hybridized carbons (Fsp3) is 0. The number of nitrogens with zero attached hydrogens (tertiary/aromatic N) is 1. The fourth-order valence-electron chi connectivity index (χ4n) is 0.446. The minimum Gasteiger partial charge on any atom is -0.369 e. The Kier molecular flexibility index (Phi) is 1.52. The van der Waals surface area contributed by atoms with Crippen molar-refractivity contribution >= 4 is 21.9 Å². The molecule has 1 rings (SSSR count). The Bertz CT molecular complexity index is 246. The van der Waals surface area contributed by atoms with Gasteiger partial charge in [-0.25, -0.2) is 4.98 Å². The van der Waals surface area contributed by atoms with E-state index < -0.39 is 0 Å². The van der Waals surface area contributed by atoms with Crippen LogP contribution < -0.4 is 11.3 Å². The molecule has 0 amide bonds. The van der Waals surface area contributed by atoms with E-state index in [4.69, 9.17) is 5.73 Å². The molecule has 4 nitrogen and oxygen atoms in total. The van der Waals surface area contributed by atoms with Gasteiger partial charge in [-0.1, -0.05) is 0 Å². The minimum absolute atomic E-state index is 0.120. The van der Waals surface area contributed by atoms with E-state index in [9.17, 15) is 4.79 Å². The van der Waals surface area contributed by atoms with Gasteiger partial charge in [0.05, 0.1) is 0 Å². The second kappa shape index (κ2) is 2.18. The van der Waals surface area contributed by atoms with Gasteiger partial charge in [-0.3, -0.25) is 9.78 Å². The molecule has 48 valence electrons. The van der Waals surface area contributed by atoms with Gasteiger partial charge in [0.2, 0.25) is 5.95 Å². The molecule has 5 heteroatoms. The van der Waals surface area contributed by atoms with Crippen molar-refractivity contribution < 1.29 is 0 Å². The van der Waals surface area contributed by atoms with E-state index >= 15 is 0 Å². The van der Waals surface area contributed by atoms with E-state index in [-0.39, 0.29) is 11.5 Å². The normalized spacial score (nSPS) is 9.44. The first kappa shape index (κ1) is 6.28. The third kappa shape index (κ3) is 1.53. The van der Waals surface area contributed by atoms with Crippen molar-refractivity contribution in [1.29, 1.82) is 0 Å². The highest BCUT2D eigenvalue weighted by atomic mass is 79.9. The molecule has 0 unspecified atom stereocenters. The summed E-state index contributed by atoms with van der Waals surface area (Å²) in [4.78, 5) is 16.5. The molecule has 0 aliphatic rings. The largest absolute Gasteiger partial charge is 0.369 e. The van der Waals surface area contributed by atoms with Gasteiger partial charge in [0, 0.05) is 6.07 Å². The van der Waals surface area contributed by atoms with Crippen LogP contribution in [0, 0.1) is 0 Å². The third-order valence-corrected chi connectivity index (χ3v) is 1.13. The molecule has 3 N–H and O–H groups in total. The van der Waals surface area contributed by atoms with E-state index in [1.165, 1.54) is 6.07 Å². The summed E-state index contributed by atoms with van der Waals surface area (Å²) < 4.78 is 0.448. The summed E-state index contributed by atoms with van der Waals surface area (Å²) in [5, 5.41) is 0. The van der Waals surface area contributed by atoms with Gasteiger partial charge in [0.25, 0.3) is 5.56 Å². The summed E-state index contributed by atoms with van der Waals surface area (Å²) in [6, 6.07) is 1.30. The highest BCUT2D eigenvalue weighted by Gasteiger charge is 1.90. The maximum absolute atomic E-state index is 10.5. The van der Waals surface area contributed by atoms with Crippen molar-refractivity contribution in [1.82, 2.24) is 9.97 Å². The summed E-state index contributed by atoms with van der Waals surface area (Å²) in [7, 11) is 0. The van der Waals surface area contributed by atoms with Gasteiger partial charge in [-0.2, -0.15) is 0 Å². The Morgan fingerprint density at radius 1 is 1.78 bits per heavy atom. The number of nitrogens with one attached hydrogen (secondary N) is 1. The van der Waals surface area contributed by atoms with Crippen molar-refractivity contribution in [2.24, 2.45) is 0 Å². The molecule has 0 radical (unpaired) electrons. The van der Waals surface area contributed by atoms with Gasteiger partial charge < -0.3 is 5.73 Å². The molecule has 0 aromatic carbocycles. The number of rotatable bonds is 0. The zero-order valence-electron chi connectivity index (χ0n) is 4.39. The van der Waals surface area contributed by atoms with Crippen LogP contribution in [0.4, 0.5) is 5.95 Å². The molecular formula is C4H4BrN3O. The van der Waals surface area contributed by atoms with E-state index in [0.717, 1.165) is 0 Å². The summed E-state index contributed by atoms with van der Waals surface area (Å²) in [5.74, 6) is 0.120. The Labute approximate surface area is 59.2 Å². The molecule has 1 heterocycles. The number of anilines is 1. The predicted molar refractivity (Wildman–Crippen MR) is 37.0 cm³/mol. The van der Waals surface area contributed by atoms with Crippen LogP contribution in [0.2, 0.25) is 0 Å². The molecule has 0 spiro atoms. The Morgan fingerprint density at radius 2 is 2.44 bits per heavy atom. The molecule has 0 saturated heterocycles. The standard InChI is InChI=1S/C4H4BrN3O/c5-2-1-3(9)8-4(6)7-2/h1H,(H3,6,7,8,9). The van der Waals surface area contributed by atoms with Crippen LogP contribution >= 0.6 is 15.9 Å². The Balaban J connectivity index is 3.33. The van der Waals surface area contributed by atoms with E-state index in [2.05, 4.69) is 25.9 Å². The van der Waals surface area contributed by atoms with E-state index in [1.807, 2.05) is 0 Å². The monoisotopic (exact) mass is 189 g/mol. The van der Waals surface area contributed by atoms with Crippen LogP contribution in [0.15, 0.2) is 15.5 Å². The average molecular weight is 190 g/mol. The van der Waals surface area contributed by atoms with Crippen LogP contribution in [0.5, 0.6) is 0 Å². The second-order valence-corrected chi connectivity index (χ2v) is 2.27. The summed E-state index contributed by atoms with van der Waals surface area (Å²) in [6.07, 6.45) is 0. The minimum atomic E-state index is -0.255. The number of hydrogen-bond acceptors (Lipinski definition) is 3. The van der Waals surface area contributed by atoms with Crippen molar-refractivity contribution in [2.45, 2.75) is 0 Å². The lowest BCUT2D eigenvalue weighted by Crippen LogP contribution is -2.08. The maximum Gasteiger partial charge on any atom is 0.253 e. The number of aromatic nitrogens is 2. The predicted octanol–water partition coefficient (Wildman–Crippen LogP) is 0.115. The molecule has 0 atom stereocenters. The first-order chi connectivity index (χ1) is 4.18. The molecule has 0 fully saturated rings. The number of H-pyrrole nitrogens is 1. The smallest absolute Gasteiger partial charge is 0.253 e. The van der Waals surface area contributed by atoms with E-state index in [0.29, 0.717) is 4.60 Å². The van der Waals surface area contributed by atoms with Gasteiger partial charge in [0.1, 0.15) is 4.60 Å². The molecule has 9 heavy (non-hydrogen) atoms. The highest BCUT2D eigenvalue weighted by Crippen LogP contribution is 2.00. The van der Waals surface area contributed by atoms with Gasteiger partial charge in [-0.05, 0) is 15.9 Å². The van der Waals surface area contributed by atoms with Crippen molar-refractivity contribution in [2.75, 3.05) is 5.73 Å². The van der Waals surface area contributed by atoms with E-state index in [1.54, 1.807) is 0 Å². The lowest BCUT2D eigenvalue weighted by atomic mass is 10.7. The molecule has 0 saturated carbocycles. The summed E-state index contributed by atoms with van der Waals surface area (Å²) in [6.45, 7) is 0. The number of hydrogen-bond donors (Lipinski definition) is 2. The van der Waals surface area contributed by atoms with Crippen LogP contribution in [-0.4, -0.2) is 9.97 Å². The molecular weight excluding hydrogens is 186 g/mol. The quantitative estimate of drug-likeness (QED) is 0.570. The lowest BCUT2D eigenvalue weighted by Gasteiger charge is -1.89. The zero-order chi connectivity index (χ0) is 6.85.